The normalized spacial score (nSPS) is 19.4. The maximum Gasteiger partial charge on any atom is 0.0410 e. The van der Waals surface area contributed by atoms with Crippen LogP contribution in [0.15, 0.2) is 18.2 Å². The molecule has 0 radical (unpaired) electrons. The van der Waals surface area contributed by atoms with E-state index in [0.29, 0.717) is 5.41 Å². The van der Waals surface area contributed by atoms with Crippen LogP contribution in [0.3, 0.4) is 0 Å². The molecule has 1 aliphatic rings. The maximum absolute atomic E-state index is 6.04. The van der Waals surface area contributed by atoms with Gasteiger partial charge in [-0.15, -0.1) is 0 Å². The van der Waals surface area contributed by atoms with Gasteiger partial charge < -0.3 is 4.90 Å². The van der Waals surface area contributed by atoms with Gasteiger partial charge in [-0.25, -0.2) is 0 Å². The van der Waals surface area contributed by atoms with Crippen LogP contribution in [0.5, 0.6) is 0 Å². The highest BCUT2D eigenvalue weighted by atomic mass is 79.9. The summed E-state index contributed by atoms with van der Waals surface area (Å²) in [4.78, 5) is 2.48. The second-order valence-electron chi connectivity index (χ2n) is 5.56. The van der Waals surface area contributed by atoms with Crippen molar-refractivity contribution in [3.63, 3.8) is 0 Å². The minimum absolute atomic E-state index is 0.498. The Morgan fingerprint density at radius 2 is 1.94 bits per heavy atom. The smallest absolute Gasteiger partial charge is 0.0410 e. The molecule has 0 spiro atoms. The maximum atomic E-state index is 6.04. The van der Waals surface area contributed by atoms with Crippen LogP contribution in [0.2, 0.25) is 5.02 Å². The van der Waals surface area contributed by atoms with Crippen LogP contribution < -0.4 is 4.90 Å². The first kappa shape index (κ1) is 13.2. The molecule has 1 fully saturated rings. The Morgan fingerprint density at radius 3 is 2.53 bits per heavy atom. The summed E-state index contributed by atoms with van der Waals surface area (Å²) in [6, 6.07) is 6.20. The number of hydrogen-bond acceptors (Lipinski definition) is 1. The van der Waals surface area contributed by atoms with E-state index in [4.69, 9.17) is 11.6 Å². The zero-order valence-corrected chi connectivity index (χ0v) is 12.8. The van der Waals surface area contributed by atoms with Crippen molar-refractivity contribution < 1.29 is 0 Å². The molecule has 0 unspecified atom stereocenters. The van der Waals surface area contributed by atoms with Gasteiger partial charge in [0.2, 0.25) is 0 Å². The first-order valence-electron chi connectivity index (χ1n) is 6.11. The number of alkyl halides is 1. The highest BCUT2D eigenvalue weighted by molar-refractivity contribution is 9.08. The van der Waals surface area contributed by atoms with E-state index in [2.05, 4.69) is 46.8 Å². The molecule has 1 saturated heterocycles. The quantitative estimate of drug-likeness (QED) is 0.704. The third-order valence-corrected chi connectivity index (χ3v) is 4.48. The van der Waals surface area contributed by atoms with Crippen molar-refractivity contribution in [2.45, 2.75) is 32.0 Å². The van der Waals surface area contributed by atoms with Crippen LogP contribution in [-0.4, -0.2) is 13.1 Å². The average Bonchev–Trinajstić information content (AvgIpc) is 2.29. The standard InChI is InChI=1S/C14H19BrClN/c1-14(2)5-7-17(8-6-14)13-4-3-12(16)9-11(13)10-15/h3-4,9H,5-8,10H2,1-2H3. The third kappa shape index (κ3) is 3.17. The summed E-state index contributed by atoms with van der Waals surface area (Å²) in [6.07, 6.45) is 2.52. The van der Waals surface area contributed by atoms with Gasteiger partial charge in [0.25, 0.3) is 0 Å². The van der Waals surface area contributed by atoms with E-state index in [0.717, 1.165) is 23.4 Å². The van der Waals surface area contributed by atoms with E-state index >= 15 is 0 Å². The second kappa shape index (κ2) is 5.19. The molecule has 1 aliphatic heterocycles. The van der Waals surface area contributed by atoms with Crippen LogP contribution in [0.25, 0.3) is 0 Å². The van der Waals surface area contributed by atoms with E-state index in [1.54, 1.807) is 0 Å². The molecule has 1 nitrogen and oxygen atoms in total. The van der Waals surface area contributed by atoms with E-state index in [9.17, 15) is 0 Å². The lowest BCUT2D eigenvalue weighted by molar-refractivity contribution is 0.279. The number of anilines is 1. The van der Waals surface area contributed by atoms with Crippen molar-refractivity contribution in [1.82, 2.24) is 0 Å². The fourth-order valence-electron chi connectivity index (χ4n) is 2.32. The Morgan fingerprint density at radius 1 is 1.29 bits per heavy atom. The van der Waals surface area contributed by atoms with Gasteiger partial charge >= 0.3 is 0 Å². The molecule has 1 heterocycles. The van der Waals surface area contributed by atoms with Crippen molar-refractivity contribution in [3.05, 3.63) is 28.8 Å². The predicted octanol–water partition coefficient (Wildman–Crippen LogP) is 4.86. The van der Waals surface area contributed by atoms with Crippen molar-refractivity contribution in [2.24, 2.45) is 5.41 Å². The molecular formula is C14H19BrClN. The van der Waals surface area contributed by atoms with Crippen LogP contribution in [0, 0.1) is 5.41 Å². The summed E-state index contributed by atoms with van der Waals surface area (Å²) in [5, 5.41) is 1.68. The number of piperidine rings is 1. The minimum Gasteiger partial charge on any atom is -0.371 e. The van der Waals surface area contributed by atoms with E-state index in [1.807, 2.05) is 6.07 Å². The Bertz CT molecular complexity index is 393. The van der Waals surface area contributed by atoms with E-state index in [1.165, 1.54) is 24.1 Å². The Balaban J connectivity index is 2.18. The summed E-state index contributed by atoms with van der Waals surface area (Å²) in [7, 11) is 0. The van der Waals surface area contributed by atoms with Crippen LogP contribution in [0.1, 0.15) is 32.3 Å². The summed E-state index contributed by atoms with van der Waals surface area (Å²) >= 11 is 9.59. The lowest BCUT2D eigenvalue weighted by atomic mass is 9.82. The Hall–Kier alpha value is -0.210. The van der Waals surface area contributed by atoms with Gasteiger partial charge in [-0.05, 0) is 42.0 Å². The molecule has 0 bridgehead atoms. The third-order valence-electron chi connectivity index (χ3n) is 3.64. The largest absolute Gasteiger partial charge is 0.371 e. The number of nitrogens with zero attached hydrogens (tertiary/aromatic N) is 1. The van der Waals surface area contributed by atoms with Crippen LogP contribution in [-0.2, 0) is 5.33 Å². The predicted molar refractivity (Wildman–Crippen MR) is 79.3 cm³/mol. The Kier molecular flexibility index (Phi) is 4.04. The first-order chi connectivity index (χ1) is 8.02. The fourth-order valence-corrected chi connectivity index (χ4v) is 2.97. The topological polar surface area (TPSA) is 3.24 Å². The average molecular weight is 317 g/mol. The summed E-state index contributed by atoms with van der Waals surface area (Å²) in [5.41, 5.74) is 3.12. The lowest BCUT2D eigenvalue weighted by Crippen LogP contribution is -2.37. The van der Waals surface area contributed by atoms with Crippen molar-refractivity contribution in [2.75, 3.05) is 18.0 Å². The number of hydrogen-bond donors (Lipinski definition) is 0. The molecule has 0 atom stereocenters. The summed E-state index contributed by atoms with van der Waals surface area (Å²) in [5.74, 6) is 0. The summed E-state index contributed by atoms with van der Waals surface area (Å²) < 4.78 is 0. The molecule has 17 heavy (non-hydrogen) atoms. The molecule has 2 rings (SSSR count). The summed E-state index contributed by atoms with van der Waals surface area (Å²) in [6.45, 7) is 7.01. The zero-order chi connectivity index (χ0) is 12.5. The molecule has 0 aromatic heterocycles. The molecular weight excluding hydrogens is 298 g/mol. The van der Waals surface area contributed by atoms with Gasteiger partial charge in [0.05, 0.1) is 0 Å². The second-order valence-corrected chi connectivity index (χ2v) is 6.56. The van der Waals surface area contributed by atoms with Crippen molar-refractivity contribution in [1.29, 1.82) is 0 Å². The first-order valence-corrected chi connectivity index (χ1v) is 7.61. The molecule has 94 valence electrons. The van der Waals surface area contributed by atoms with Gasteiger partial charge in [-0.3, -0.25) is 0 Å². The highest BCUT2D eigenvalue weighted by Gasteiger charge is 2.26. The van der Waals surface area contributed by atoms with Crippen molar-refractivity contribution in [3.8, 4) is 0 Å². The van der Waals surface area contributed by atoms with Crippen molar-refractivity contribution >= 4 is 33.2 Å². The zero-order valence-electron chi connectivity index (χ0n) is 10.5. The molecule has 0 amide bonds. The SMILES string of the molecule is CC1(C)CCN(c2ccc(Cl)cc2CBr)CC1. The Labute approximate surface area is 117 Å². The molecule has 0 aliphatic carbocycles. The van der Waals surface area contributed by atoms with E-state index in [-0.39, 0.29) is 0 Å². The van der Waals surface area contributed by atoms with Crippen LogP contribution >= 0.6 is 27.5 Å². The van der Waals surface area contributed by atoms with Gasteiger partial charge in [0.15, 0.2) is 0 Å². The number of halogens is 2. The van der Waals surface area contributed by atoms with Gasteiger partial charge in [-0.1, -0.05) is 41.4 Å². The number of rotatable bonds is 2. The molecule has 1 aromatic rings. The minimum atomic E-state index is 0.498. The van der Waals surface area contributed by atoms with Gasteiger partial charge in [-0.2, -0.15) is 0 Å². The highest BCUT2D eigenvalue weighted by Crippen LogP contribution is 2.34. The van der Waals surface area contributed by atoms with Gasteiger partial charge in [0, 0.05) is 29.1 Å². The fraction of sp³-hybridized carbons (Fsp3) is 0.571. The molecule has 1 aromatic carbocycles. The van der Waals surface area contributed by atoms with E-state index < -0.39 is 0 Å². The monoisotopic (exact) mass is 315 g/mol. The van der Waals surface area contributed by atoms with Crippen LogP contribution in [0.4, 0.5) is 5.69 Å². The number of benzene rings is 1. The molecule has 0 saturated carbocycles. The molecule has 0 N–H and O–H groups in total. The van der Waals surface area contributed by atoms with Gasteiger partial charge in [0.1, 0.15) is 0 Å². The molecule has 3 heteroatoms. The lowest BCUT2D eigenvalue weighted by Gasteiger charge is -2.39.